The van der Waals surface area contributed by atoms with Crippen LogP contribution in [0.5, 0.6) is 0 Å². The second-order valence-corrected chi connectivity index (χ2v) is 8.83. The number of carbonyl (C=O) groups is 2. The fourth-order valence-corrected chi connectivity index (χ4v) is 5.82. The molecule has 2 atom stereocenters. The van der Waals surface area contributed by atoms with E-state index in [1.807, 2.05) is 13.8 Å². The molecule has 0 spiro atoms. The molecule has 3 rings (SSSR count). The van der Waals surface area contributed by atoms with Gasteiger partial charge in [0.15, 0.2) is 15.5 Å². The first-order chi connectivity index (χ1) is 11.8. The lowest BCUT2D eigenvalue weighted by atomic mass is 10.0. The van der Waals surface area contributed by atoms with Crippen LogP contribution in [-0.4, -0.2) is 76.9 Å². The Bertz CT molecular complexity index is 801. The number of nitrogens with one attached hydrogen (secondary N) is 1. The van der Waals surface area contributed by atoms with Crippen LogP contribution in [-0.2, 0) is 21.1 Å². The smallest absolute Gasteiger partial charge is 0.275 e. The van der Waals surface area contributed by atoms with Gasteiger partial charge >= 0.3 is 0 Å². The number of amides is 2. The number of nitrogens with zero attached hydrogens (tertiary/aromatic N) is 3. The van der Waals surface area contributed by atoms with Crippen LogP contribution in [0.2, 0.25) is 0 Å². The second-order valence-electron chi connectivity index (χ2n) is 6.68. The topological polar surface area (TPSA) is 103 Å². The number of rotatable bonds is 3. The maximum absolute atomic E-state index is 13.0. The number of carbonyl (C=O) groups excluding carboxylic acids is 2. The molecule has 2 fully saturated rings. The van der Waals surface area contributed by atoms with Crippen molar-refractivity contribution in [2.45, 2.75) is 45.7 Å². The minimum Gasteiger partial charge on any atom is -0.335 e. The van der Waals surface area contributed by atoms with Gasteiger partial charge in [-0.05, 0) is 13.3 Å². The second kappa shape index (κ2) is 6.44. The van der Waals surface area contributed by atoms with Crippen LogP contribution in [0.25, 0.3) is 0 Å². The van der Waals surface area contributed by atoms with E-state index >= 15 is 0 Å². The summed E-state index contributed by atoms with van der Waals surface area (Å²) in [6.07, 6.45) is 1.07. The Kier molecular flexibility index (Phi) is 4.61. The van der Waals surface area contributed by atoms with Crippen LogP contribution in [0.1, 0.15) is 42.0 Å². The number of hydrogen-bond donors (Lipinski definition) is 1. The lowest BCUT2D eigenvalue weighted by Gasteiger charge is -2.43. The first kappa shape index (κ1) is 17.9. The third-order valence-corrected chi connectivity index (χ3v) is 6.93. The average molecular weight is 368 g/mol. The molecule has 1 aromatic heterocycles. The van der Waals surface area contributed by atoms with E-state index in [2.05, 4.69) is 10.2 Å². The molecule has 1 aromatic rings. The maximum atomic E-state index is 13.0. The predicted molar refractivity (Wildman–Crippen MR) is 92.0 cm³/mol. The van der Waals surface area contributed by atoms with Gasteiger partial charge in [0.1, 0.15) is 0 Å². The van der Waals surface area contributed by atoms with Crippen molar-refractivity contribution in [3.8, 4) is 0 Å². The molecule has 2 aliphatic rings. The summed E-state index contributed by atoms with van der Waals surface area (Å²) in [4.78, 5) is 28.4. The van der Waals surface area contributed by atoms with Crippen LogP contribution >= 0.6 is 0 Å². The lowest BCUT2D eigenvalue weighted by Crippen LogP contribution is -2.62. The van der Waals surface area contributed by atoms with Crippen molar-refractivity contribution in [1.29, 1.82) is 0 Å². The molecule has 2 aliphatic heterocycles. The van der Waals surface area contributed by atoms with Gasteiger partial charge in [0.25, 0.3) is 5.91 Å². The van der Waals surface area contributed by atoms with Crippen LogP contribution in [0.4, 0.5) is 0 Å². The van der Waals surface area contributed by atoms with Crippen molar-refractivity contribution in [3.63, 3.8) is 0 Å². The summed E-state index contributed by atoms with van der Waals surface area (Å²) in [5.74, 6) is -0.499. The van der Waals surface area contributed by atoms with E-state index in [-0.39, 0.29) is 23.3 Å². The van der Waals surface area contributed by atoms with Gasteiger partial charge in [-0.15, -0.1) is 0 Å². The number of hydrogen-bond acceptors (Lipinski definition) is 5. The van der Waals surface area contributed by atoms with E-state index in [1.165, 1.54) is 0 Å². The van der Waals surface area contributed by atoms with E-state index < -0.39 is 21.9 Å². The van der Waals surface area contributed by atoms with Crippen molar-refractivity contribution in [1.82, 2.24) is 20.0 Å². The van der Waals surface area contributed by atoms with Crippen molar-refractivity contribution in [3.05, 3.63) is 17.0 Å². The minimum atomic E-state index is -3.28. The number of aromatic nitrogens is 2. The Balaban J connectivity index is 1.91. The zero-order chi connectivity index (χ0) is 18.4. The Morgan fingerprint density at radius 3 is 2.32 bits per heavy atom. The van der Waals surface area contributed by atoms with Crippen LogP contribution in [0.3, 0.4) is 0 Å². The van der Waals surface area contributed by atoms with Crippen molar-refractivity contribution in [2.75, 3.05) is 24.6 Å². The molecule has 2 amide bonds. The fourth-order valence-electron chi connectivity index (χ4n) is 3.84. The molecule has 2 saturated heterocycles. The number of aromatic amines is 1. The Labute approximate surface area is 147 Å². The normalized spacial score (nSPS) is 25.1. The van der Waals surface area contributed by atoms with E-state index in [0.717, 1.165) is 17.7 Å². The molecule has 8 nitrogen and oxygen atoms in total. The van der Waals surface area contributed by atoms with Gasteiger partial charge in [-0.1, -0.05) is 13.8 Å². The maximum Gasteiger partial charge on any atom is 0.275 e. The van der Waals surface area contributed by atoms with Crippen molar-refractivity contribution >= 4 is 21.7 Å². The molecule has 0 unspecified atom stereocenters. The summed E-state index contributed by atoms with van der Waals surface area (Å²) in [6.45, 7) is 6.27. The summed E-state index contributed by atoms with van der Waals surface area (Å²) in [6, 6.07) is -0.956. The molecule has 0 aromatic carbocycles. The highest BCUT2D eigenvalue weighted by Gasteiger charge is 2.49. The van der Waals surface area contributed by atoms with E-state index in [4.69, 9.17) is 0 Å². The number of H-pyrrole nitrogens is 1. The van der Waals surface area contributed by atoms with Gasteiger partial charge in [-0.3, -0.25) is 14.7 Å². The average Bonchev–Trinajstić information content (AvgIpc) is 3.10. The molecular weight excluding hydrogens is 344 g/mol. The SMILES string of the molecule is CCC(=O)N1CCN(C(=O)c2n[nH]c(CC)c2C)[C@H]2CS(=O)(=O)C[C@H]21. The van der Waals surface area contributed by atoms with Gasteiger partial charge < -0.3 is 9.80 Å². The molecule has 9 heteroatoms. The molecule has 138 valence electrons. The van der Waals surface area contributed by atoms with E-state index in [1.54, 1.807) is 16.7 Å². The van der Waals surface area contributed by atoms with Gasteiger partial charge in [0.05, 0.1) is 23.6 Å². The summed E-state index contributed by atoms with van der Waals surface area (Å²) in [5, 5.41) is 7.01. The molecule has 0 saturated carbocycles. The zero-order valence-electron chi connectivity index (χ0n) is 14.8. The Morgan fingerprint density at radius 2 is 1.76 bits per heavy atom. The Hall–Kier alpha value is -1.90. The molecule has 0 radical (unpaired) electrons. The number of fused-ring (bicyclic) bond motifs is 1. The summed E-state index contributed by atoms with van der Waals surface area (Å²) in [5.41, 5.74) is 2.05. The van der Waals surface area contributed by atoms with E-state index in [9.17, 15) is 18.0 Å². The molecule has 0 aliphatic carbocycles. The van der Waals surface area contributed by atoms with Crippen molar-refractivity contribution in [2.24, 2.45) is 0 Å². The lowest BCUT2D eigenvalue weighted by molar-refractivity contribution is -0.135. The zero-order valence-corrected chi connectivity index (χ0v) is 15.6. The molecule has 25 heavy (non-hydrogen) atoms. The third kappa shape index (κ3) is 3.05. The van der Waals surface area contributed by atoms with E-state index in [0.29, 0.717) is 25.2 Å². The van der Waals surface area contributed by atoms with Gasteiger partial charge in [-0.25, -0.2) is 8.42 Å². The minimum absolute atomic E-state index is 0.0663. The molecule has 1 N–H and O–H groups in total. The summed E-state index contributed by atoms with van der Waals surface area (Å²) in [7, 11) is -3.28. The Morgan fingerprint density at radius 1 is 1.16 bits per heavy atom. The highest BCUT2D eigenvalue weighted by molar-refractivity contribution is 7.91. The largest absolute Gasteiger partial charge is 0.335 e. The molecule has 0 bridgehead atoms. The third-order valence-electron chi connectivity index (χ3n) is 5.23. The van der Waals surface area contributed by atoms with Crippen LogP contribution in [0.15, 0.2) is 0 Å². The van der Waals surface area contributed by atoms with Gasteiger partial charge in [-0.2, -0.15) is 5.10 Å². The van der Waals surface area contributed by atoms with Gasteiger partial charge in [0, 0.05) is 30.8 Å². The predicted octanol–water partition coefficient (Wildman–Crippen LogP) is 0.141. The first-order valence-corrected chi connectivity index (χ1v) is 10.5. The standard InChI is InChI=1S/C16H24N4O4S/c1-4-11-10(3)15(18-17-11)16(22)20-7-6-19(14(21)5-2)12-8-25(23,24)9-13(12)20/h12-13H,4-9H2,1-3H3,(H,17,18)/t12-,13+/m1/s1. The molecule has 3 heterocycles. The van der Waals surface area contributed by atoms with Crippen LogP contribution < -0.4 is 0 Å². The van der Waals surface area contributed by atoms with Crippen LogP contribution in [0, 0.1) is 6.92 Å². The first-order valence-electron chi connectivity index (χ1n) is 8.63. The highest BCUT2D eigenvalue weighted by Crippen LogP contribution is 2.29. The monoisotopic (exact) mass is 368 g/mol. The summed E-state index contributed by atoms with van der Waals surface area (Å²) >= 11 is 0. The fraction of sp³-hybridized carbons (Fsp3) is 0.688. The van der Waals surface area contributed by atoms with Crippen molar-refractivity contribution < 1.29 is 18.0 Å². The molecular formula is C16H24N4O4S. The highest BCUT2D eigenvalue weighted by atomic mass is 32.2. The number of piperazine rings is 1. The quantitative estimate of drug-likeness (QED) is 0.817. The number of aryl methyl sites for hydroxylation is 1. The summed E-state index contributed by atoms with van der Waals surface area (Å²) < 4.78 is 24.4. The van der Waals surface area contributed by atoms with Gasteiger partial charge in [0.2, 0.25) is 5.91 Å². The number of sulfone groups is 1.